The largest absolute Gasteiger partial charge is 0.317 e. The van der Waals surface area contributed by atoms with E-state index in [2.05, 4.69) is 24.1 Å². The number of hydrogen-bond donors (Lipinski definition) is 1. The van der Waals surface area contributed by atoms with Gasteiger partial charge in [0.1, 0.15) is 0 Å². The zero-order valence-electron chi connectivity index (χ0n) is 13.2. The van der Waals surface area contributed by atoms with Gasteiger partial charge < -0.3 is 5.32 Å². The molecule has 2 nitrogen and oxygen atoms in total. The summed E-state index contributed by atoms with van der Waals surface area (Å²) in [5.74, 6) is 0. The zero-order valence-corrected chi connectivity index (χ0v) is 13.2. The van der Waals surface area contributed by atoms with Crippen LogP contribution in [-0.4, -0.2) is 37.1 Å². The highest BCUT2D eigenvalue weighted by molar-refractivity contribution is 4.89. The Hall–Kier alpha value is -0.0800. The number of piperidine rings is 1. The number of likely N-dealkylation sites (tertiary alicyclic amines) is 1. The fourth-order valence-electron chi connectivity index (χ4n) is 4.31. The Morgan fingerprint density at radius 1 is 1.11 bits per heavy atom. The molecule has 1 atom stereocenters. The predicted molar refractivity (Wildman–Crippen MR) is 83.6 cm³/mol. The van der Waals surface area contributed by atoms with Gasteiger partial charge in [-0.3, -0.25) is 4.90 Å². The highest BCUT2D eigenvalue weighted by Crippen LogP contribution is 2.36. The Labute approximate surface area is 120 Å². The van der Waals surface area contributed by atoms with Crippen LogP contribution >= 0.6 is 0 Å². The maximum atomic E-state index is 3.55. The van der Waals surface area contributed by atoms with E-state index in [0.717, 1.165) is 6.04 Å². The van der Waals surface area contributed by atoms with Gasteiger partial charge in [0.05, 0.1) is 0 Å². The van der Waals surface area contributed by atoms with Crippen LogP contribution in [0.15, 0.2) is 0 Å². The van der Waals surface area contributed by atoms with Gasteiger partial charge in [-0.2, -0.15) is 0 Å². The smallest absolute Gasteiger partial charge is 0.00928 e. The second kappa shape index (κ2) is 7.64. The molecule has 0 saturated carbocycles. The van der Waals surface area contributed by atoms with Crippen molar-refractivity contribution < 1.29 is 0 Å². The summed E-state index contributed by atoms with van der Waals surface area (Å²) in [5.41, 5.74) is 0.623. The van der Waals surface area contributed by atoms with Crippen molar-refractivity contribution in [2.45, 2.75) is 77.7 Å². The van der Waals surface area contributed by atoms with Crippen molar-refractivity contribution in [3.8, 4) is 0 Å². The molecule has 2 saturated heterocycles. The van der Waals surface area contributed by atoms with Crippen LogP contribution < -0.4 is 5.32 Å². The Morgan fingerprint density at radius 2 is 1.89 bits per heavy atom. The summed E-state index contributed by atoms with van der Waals surface area (Å²) >= 11 is 0. The zero-order chi connectivity index (χ0) is 13.6. The third kappa shape index (κ3) is 4.19. The Bertz CT molecular complexity index is 240. The van der Waals surface area contributed by atoms with Crippen LogP contribution in [-0.2, 0) is 0 Å². The summed E-state index contributed by atoms with van der Waals surface area (Å²) in [6.45, 7) is 9.97. The molecule has 2 fully saturated rings. The summed E-state index contributed by atoms with van der Waals surface area (Å²) in [6.07, 6.45) is 12.7. The lowest BCUT2D eigenvalue weighted by Crippen LogP contribution is -2.47. The maximum Gasteiger partial charge on any atom is 0.00928 e. The van der Waals surface area contributed by atoms with E-state index < -0.39 is 0 Å². The first-order valence-electron chi connectivity index (χ1n) is 8.74. The van der Waals surface area contributed by atoms with Crippen molar-refractivity contribution in [3.63, 3.8) is 0 Å². The van der Waals surface area contributed by atoms with Crippen LogP contribution in [0.3, 0.4) is 0 Å². The second-order valence-corrected chi connectivity index (χ2v) is 6.88. The van der Waals surface area contributed by atoms with Crippen LogP contribution in [0, 0.1) is 5.41 Å². The molecule has 19 heavy (non-hydrogen) atoms. The summed E-state index contributed by atoms with van der Waals surface area (Å²) in [6, 6.07) is 0.867. The summed E-state index contributed by atoms with van der Waals surface area (Å²) < 4.78 is 0. The fraction of sp³-hybridized carbons (Fsp3) is 1.00. The predicted octanol–water partition coefficient (Wildman–Crippen LogP) is 3.81. The van der Waals surface area contributed by atoms with Crippen molar-refractivity contribution in [3.05, 3.63) is 0 Å². The van der Waals surface area contributed by atoms with Gasteiger partial charge >= 0.3 is 0 Å². The molecule has 112 valence electrons. The first kappa shape index (κ1) is 15.3. The third-order valence-electron chi connectivity index (χ3n) is 5.45. The highest BCUT2D eigenvalue weighted by Gasteiger charge is 2.34. The van der Waals surface area contributed by atoms with E-state index in [9.17, 15) is 0 Å². The minimum Gasteiger partial charge on any atom is -0.317 e. The monoisotopic (exact) mass is 266 g/mol. The summed E-state index contributed by atoms with van der Waals surface area (Å²) in [4.78, 5) is 2.87. The Balaban J connectivity index is 2.01. The molecule has 0 aliphatic carbocycles. The standard InChI is InChI=1S/C17H34N2/c1-3-9-17(10-12-18-13-11-17)15-19-14-7-5-6-8-16(19)4-2/h16,18H,3-15H2,1-2H3. The molecule has 0 aromatic rings. The van der Waals surface area contributed by atoms with Gasteiger partial charge in [0.25, 0.3) is 0 Å². The molecule has 2 aliphatic heterocycles. The number of rotatable bonds is 5. The van der Waals surface area contributed by atoms with Crippen LogP contribution in [0.25, 0.3) is 0 Å². The lowest BCUT2D eigenvalue weighted by Gasteiger charge is -2.43. The van der Waals surface area contributed by atoms with E-state index in [-0.39, 0.29) is 0 Å². The van der Waals surface area contributed by atoms with Crippen molar-refractivity contribution in [2.24, 2.45) is 5.41 Å². The average Bonchev–Trinajstić information content (AvgIpc) is 2.65. The molecule has 2 aliphatic rings. The molecular formula is C17H34N2. The lowest BCUT2D eigenvalue weighted by atomic mass is 9.74. The molecule has 0 aromatic carbocycles. The molecule has 2 rings (SSSR count). The minimum atomic E-state index is 0.623. The number of nitrogens with zero attached hydrogens (tertiary/aromatic N) is 1. The molecule has 0 spiro atoms. The van der Waals surface area contributed by atoms with Crippen LogP contribution in [0.2, 0.25) is 0 Å². The van der Waals surface area contributed by atoms with Crippen molar-refractivity contribution >= 4 is 0 Å². The van der Waals surface area contributed by atoms with Gasteiger partial charge in [-0.25, -0.2) is 0 Å². The van der Waals surface area contributed by atoms with Crippen molar-refractivity contribution in [1.29, 1.82) is 0 Å². The number of hydrogen-bond acceptors (Lipinski definition) is 2. The van der Waals surface area contributed by atoms with E-state index in [1.165, 1.54) is 84.0 Å². The maximum absolute atomic E-state index is 3.55. The molecule has 0 aromatic heterocycles. The van der Waals surface area contributed by atoms with Gasteiger partial charge in [0, 0.05) is 12.6 Å². The van der Waals surface area contributed by atoms with Gasteiger partial charge in [0.15, 0.2) is 0 Å². The molecule has 1 unspecified atom stereocenters. The molecular weight excluding hydrogens is 232 g/mol. The Morgan fingerprint density at radius 3 is 2.58 bits per heavy atom. The van der Waals surface area contributed by atoms with Crippen LogP contribution in [0.1, 0.15) is 71.6 Å². The topological polar surface area (TPSA) is 15.3 Å². The number of nitrogens with one attached hydrogen (secondary N) is 1. The van der Waals surface area contributed by atoms with E-state index >= 15 is 0 Å². The van der Waals surface area contributed by atoms with E-state index in [1.54, 1.807) is 0 Å². The van der Waals surface area contributed by atoms with Crippen LogP contribution in [0.4, 0.5) is 0 Å². The lowest BCUT2D eigenvalue weighted by molar-refractivity contribution is 0.0726. The van der Waals surface area contributed by atoms with Gasteiger partial charge in [-0.15, -0.1) is 0 Å². The highest BCUT2D eigenvalue weighted by atomic mass is 15.2. The SMILES string of the molecule is CCCC1(CN2CCCCCC2CC)CCNCC1. The normalized spacial score (nSPS) is 29.1. The minimum absolute atomic E-state index is 0.623. The van der Waals surface area contributed by atoms with E-state index in [0.29, 0.717) is 5.41 Å². The first-order valence-corrected chi connectivity index (χ1v) is 8.74. The fourth-order valence-corrected chi connectivity index (χ4v) is 4.31. The summed E-state index contributed by atoms with van der Waals surface area (Å²) in [5, 5.41) is 3.55. The van der Waals surface area contributed by atoms with E-state index in [1.807, 2.05) is 0 Å². The molecule has 1 N–H and O–H groups in total. The van der Waals surface area contributed by atoms with Crippen molar-refractivity contribution in [1.82, 2.24) is 10.2 Å². The molecule has 0 radical (unpaired) electrons. The van der Waals surface area contributed by atoms with E-state index in [4.69, 9.17) is 0 Å². The van der Waals surface area contributed by atoms with Gasteiger partial charge in [-0.1, -0.05) is 33.1 Å². The molecule has 2 heteroatoms. The molecule has 0 amide bonds. The van der Waals surface area contributed by atoms with Gasteiger partial charge in [-0.05, 0) is 63.6 Å². The van der Waals surface area contributed by atoms with Crippen LogP contribution in [0.5, 0.6) is 0 Å². The quantitative estimate of drug-likeness (QED) is 0.814. The Kier molecular flexibility index (Phi) is 6.15. The first-order chi connectivity index (χ1) is 9.29. The average molecular weight is 266 g/mol. The molecule has 0 bridgehead atoms. The van der Waals surface area contributed by atoms with Crippen molar-refractivity contribution in [2.75, 3.05) is 26.2 Å². The van der Waals surface area contributed by atoms with Gasteiger partial charge in [0.2, 0.25) is 0 Å². The summed E-state index contributed by atoms with van der Waals surface area (Å²) in [7, 11) is 0. The second-order valence-electron chi connectivity index (χ2n) is 6.88. The molecule has 2 heterocycles. The third-order valence-corrected chi connectivity index (χ3v) is 5.45.